The maximum atomic E-state index is 13.2. The largest absolute Gasteiger partial charge is 0.480 e. The van der Waals surface area contributed by atoms with E-state index < -0.39 is 17.3 Å². The second kappa shape index (κ2) is 7.75. The molecule has 8 nitrogen and oxygen atoms in total. The highest BCUT2D eigenvalue weighted by atomic mass is 19.4. The number of ether oxygens (including phenoxy) is 2. The molecule has 0 aliphatic heterocycles. The summed E-state index contributed by atoms with van der Waals surface area (Å²) >= 11 is 0. The molecule has 166 valence electrons. The third-order valence-corrected chi connectivity index (χ3v) is 5.02. The zero-order chi connectivity index (χ0) is 23.1. The minimum absolute atomic E-state index is 0.208. The van der Waals surface area contributed by atoms with Gasteiger partial charge >= 0.3 is 6.18 Å². The van der Waals surface area contributed by atoms with Gasteiger partial charge < -0.3 is 14.6 Å². The lowest BCUT2D eigenvalue weighted by Gasteiger charge is -2.26. The van der Waals surface area contributed by atoms with E-state index in [1.807, 2.05) is 6.07 Å². The Kier molecular flexibility index (Phi) is 5.21. The van der Waals surface area contributed by atoms with Crippen LogP contribution in [0.1, 0.15) is 12.5 Å². The number of alkyl halides is 3. The monoisotopic (exact) mass is 445 g/mol. The van der Waals surface area contributed by atoms with E-state index in [0.29, 0.717) is 35.4 Å². The highest BCUT2D eigenvalue weighted by Gasteiger charge is 2.51. The van der Waals surface area contributed by atoms with Gasteiger partial charge in [0.2, 0.25) is 11.8 Å². The van der Waals surface area contributed by atoms with E-state index in [0.717, 1.165) is 6.20 Å². The predicted molar refractivity (Wildman–Crippen MR) is 109 cm³/mol. The van der Waals surface area contributed by atoms with Crippen molar-refractivity contribution in [3.63, 3.8) is 0 Å². The number of halogens is 3. The number of fused-ring (bicyclic) bond motifs is 1. The highest BCUT2D eigenvalue weighted by Crippen LogP contribution is 2.39. The lowest BCUT2D eigenvalue weighted by atomic mass is 9.97. The van der Waals surface area contributed by atoms with Crippen LogP contribution in [0.15, 0.2) is 49.1 Å². The molecule has 3 aromatic heterocycles. The Morgan fingerprint density at radius 2 is 1.78 bits per heavy atom. The van der Waals surface area contributed by atoms with Crippen LogP contribution >= 0.6 is 0 Å². The van der Waals surface area contributed by atoms with Crippen molar-refractivity contribution < 1.29 is 27.8 Å². The Balaban J connectivity index is 1.77. The summed E-state index contributed by atoms with van der Waals surface area (Å²) < 4.78 is 51.5. The maximum Gasteiger partial charge on any atom is 0.421 e. The molecule has 0 saturated heterocycles. The van der Waals surface area contributed by atoms with Crippen LogP contribution in [0.25, 0.3) is 28.1 Å². The maximum absolute atomic E-state index is 13.2. The Morgan fingerprint density at radius 1 is 1.00 bits per heavy atom. The van der Waals surface area contributed by atoms with Crippen molar-refractivity contribution in [3.8, 4) is 28.7 Å². The molecule has 0 amide bonds. The number of rotatable bonds is 5. The second-order valence-corrected chi connectivity index (χ2v) is 7.07. The third kappa shape index (κ3) is 3.60. The van der Waals surface area contributed by atoms with E-state index in [4.69, 9.17) is 9.47 Å². The fraction of sp³-hybridized carbons (Fsp3) is 0.238. The summed E-state index contributed by atoms with van der Waals surface area (Å²) in [6.45, 7) is 0.680. The predicted octanol–water partition coefficient (Wildman–Crippen LogP) is 3.66. The van der Waals surface area contributed by atoms with Gasteiger partial charge in [-0.25, -0.2) is 15.0 Å². The molecule has 32 heavy (non-hydrogen) atoms. The van der Waals surface area contributed by atoms with Gasteiger partial charge in [0.1, 0.15) is 17.5 Å². The number of pyridine rings is 1. The number of aliphatic hydroxyl groups is 1. The van der Waals surface area contributed by atoms with Crippen molar-refractivity contribution >= 4 is 11.2 Å². The molecule has 0 saturated carbocycles. The number of hydrogen-bond acceptors (Lipinski definition) is 7. The van der Waals surface area contributed by atoms with Crippen LogP contribution in [-0.4, -0.2) is 50.0 Å². The number of methoxy groups -OCH3 is 2. The first-order valence-electron chi connectivity index (χ1n) is 9.34. The van der Waals surface area contributed by atoms with Crippen LogP contribution in [0.2, 0.25) is 0 Å². The summed E-state index contributed by atoms with van der Waals surface area (Å²) in [5, 5.41) is 9.92. The molecular weight excluding hydrogens is 427 g/mol. The van der Waals surface area contributed by atoms with Gasteiger partial charge in [-0.05, 0) is 25.1 Å². The third-order valence-electron chi connectivity index (χ3n) is 5.02. The number of nitrogens with zero attached hydrogens (tertiary/aromatic N) is 5. The van der Waals surface area contributed by atoms with E-state index in [1.165, 1.54) is 32.8 Å². The minimum atomic E-state index is -4.85. The van der Waals surface area contributed by atoms with Crippen molar-refractivity contribution in [1.82, 2.24) is 24.5 Å². The molecule has 1 aromatic carbocycles. The van der Waals surface area contributed by atoms with Gasteiger partial charge in [0.25, 0.3) is 0 Å². The summed E-state index contributed by atoms with van der Waals surface area (Å²) in [5.74, 6) is 0.575. The molecule has 0 spiro atoms. The zero-order valence-electron chi connectivity index (χ0n) is 17.3. The molecule has 11 heteroatoms. The van der Waals surface area contributed by atoms with Gasteiger partial charge in [-0.2, -0.15) is 18.2 Å². The quantitative estimate of drug-likeness (QED) is 0.501. The number of benzene rings is 1. The van der Waals surface area contributed by atoms with Gasteiger partial charge in [-0.3, -0.25) is 4.57 Å². The molecule has 0 bridgehead atoms. The first-order chi connectivity index (χ1) is 15.2. The normalized spacial score (nSPS) is 13.7. The van der Waals surface area contributed by atoms with Crippen LogP contribution in [0.3, 0.4) is 0 Å². The van der Waals surface area contributed by atoms with E-state index in [1.54, 1.807) is 22.8 Å². The molecule has 1 atom stereocenters. The molecule has 0 aliphatic rings. The van der Waals surface area contributed by atoms with Gasteiger partial charge in [0, 0.05) is 23.0 Å². The van der Waals surface area contributed by atoms with Gasteiger partial charge in [0.05, 0.1) is 20.4 Å². The molecule has 3 heterocycles. The van der Waals surface area contributed by atoms with E-state index in [9.17, 15) is 18.3 Å². The number of hydrogen-bond donors (Lipinski definition) is 1. The lowest BCUT2D eigenvalue weighted by Crippen LogP contribution is -2.39. The second-order valence-electron chi connectivity index (χ2n) is 7.07. The highest BCUT2D eigenvalue weighted by molar-refractivity contribution is 5.75. The number of aromatic nitrogens is 5. The van der Waals surface area contributed by atoms with Crippen molar-refractivity contribution in [2.75, 3.05) is 14.2 Å². The Labute approximate surface area is 180 Å². The molecule has 0 radical (unpaired) electrons. The fourth-order valence-electron chi connectivity index (χ4n) is 3.12. The standard InChI is InChI=1S/C21H18F3N5O3/c1-20(30,21(22,23)24)13-8-15-18(26-9-13)29(11-27-15)14-6-4-5-12(7-14)17-19(32-3)28-16(31-2)10-25-17/h4-11,30H,1-3H3. The summed E-state index contributed by atoms with van der Waals surface area (Å²) in [6.07, 6.45) is -0.944. The molecular formula is C21H18F3N5O3. The molecule has 4 rings (SSSR count). The summed E-state index contributed by atoms with van der Waals surface area (Å²) in [4.78, 5) is 16.9. The SMILES string of the molecule is COc1cnc(-c2cccc(-n3cnc4cc(C(C)(O)C(F)(F)F)cnc43)c2)c(OC)n1. The van der Waals surface area contributed by atoms with Crippen LogP contribution < -0.4 is 9.47 Å². The van der Waals surface area contributed by atoms with Gasteiger partial charge in [-0.15, -0.1) is 0 Å². The average molecular weight is 445 g/mol. The Hall–Kier alpha value is -3.73. The van der Waals surface area contributed by atoms with Gasteiger partial charge in [0.15, 0.2) is 11.2 Å². The molecule has 0 fully saturated rings. The summed E-state index contributed by atoms with van der Waals surface area (Å²) in [7, 11) is 2.94. The topological polar surface area (TPSA) is 95.2 Å². The molecule has 1 unspecified atom stereocenters. The van der Waals surface area contributed by atoms with Crippen molar-refractivity contribution in [2.24, 2.45) is 0 Å². The molecule has 0 aliphatic carbocycles. The van der Waals surface area contributed by atoms with E-state index in [2.05, 4.69) is 19.9 Å². The van der Waals surface area contributed by atoms with E-state index >= 15 is 0 Å². The van der Waals surface area contributed by atoms with Gasteiger partial charge in [-0.1, -0.05) is 12.1 Å². The Morgan fingerprint density at radius 3 is 2.47 bits per heavy atom. The molecule has 1 N–H and O–H groups in total. The fourth-order valence-corrected chi connectivity index (χ4v) is 3.12. The van der Waals surface area contributed by atoms with E-state index in [-0.39, 0.29) is 11.4 Å². The average Bonchev–Trinajstić information content (AvgIpc) is 3.21. The Bertz CT molecular complexity index is 1290. The van der Waals surface area contributed by atoms with Crippen molar-refractivity contribution in [3.05, 3.63) is 54.6 Å². The lowest BCUT2D eigenvalue weighted by molar-refractivity contribution is -0.258. The van der Waals surface area contributed by atoms with Crippen molar-refractivity contribution in [1.29, 1.82) is 0 Å². The first kappa shape index (κ1) is 21.5. The van der Waals surface area contributed by atoms with Crippen molar-refractivity contribution in [2.45, 2.75) is 18.7 Å². The summed E-state index contributed by atoms with van der Waals surface area (Å²) in [6, 6.07) is 8.35. The molecule has 4 aromatic rings. The zero-order valence-corrected chi connectivity index (χ0v) is 17.3. The van der Waals surface area contributed by atoms with Crippen LogP contribution in [0.5, 0.6) is 11.8 Å². The van der Waals surface area contributed by atoms with Crippen LogP contribution in [0.4, 0.5) is 13.2 Å². The first-order valence-corrected chi connectivity index (χ1v) is 9.34. The number of imidazole rings is 1. The summed E-state index contributed by atoms with van der Waals surface area (Å²) in [5.41, 5.74) is -1.08. The van der Waals surface area contributed by atoms with Crippen LogP contribution in [-0.2, 0) is 5.60 Å². The smallest absolute Gasteiger partial charge is 0.421 e. The minimum Gasteiger partial charge on any atom is -0.480 e. The van der Waals surface area contributed by atoms with Crippen LogP contribution in [0, 0.1) is 0 Å².